The maximum Gasteiger partial charge on any atom is 0.273 e. The topological polar surface area (TPSA) is 55.2 Å². The smallest absolute Gasteiger partial charge is 0.273 e. The predicted molar refractivity (Wildman–Crippen MR) is 77.7 cm³/mol. The summed E-state index contributed by atoms with van der Waals surface area (Å²) in [6.45, 7) is 2.44. The van der Waals surface area contributed by atoms with Crippen LogP contribution in [0.5, 0.6) is 0 Å². The summed E-state index contributed by atoms with van der Waals surface area (Å²) in [5.74, 6) is 0. The summed E-state index contributed by atoms with van der Waals surface area (Å²) in [7, 11) is 0. The van der Waals surface area contributed by atoms with Gasteiger partial charge in [-0.2, -0.15) is 11.3 Å². The van der Waals surface area contributed by atoms with Crippen LogP contribution in [-0.2, 0) is 6.54 Å². The van der Waals surface area contributed by atoms with Crippen molar-refractivity contribution in [2.45, 2.75) is 19.5 Å². The highest BCUT2D eigenvalue weighted by molar-refractivity contribution is 7.07. The molecule has 2 rings (SSSR count). The molecule has 1 atom stereocenters. The molecule has 1 aromatic carbocycles. The maximum absolute atomic E-state index is 10.9. The number of hydrogen-bond acceptors (Lipinski definition) is 4. The fraction of sp³-hybridized carbons (Fsp3) is 0.231. The maximum atomic E-state index is 10.9. The molecule has 1 N–H and O–H groups in total. The Kier molecular flexibility index (Phi) is 4.52. The van der Waals surface area contributed by atoms with E-state index in [-0.39, 0.29) is 16.7 Å². The molecule has 1 unspecified atom stereocenters. The molecule has 0 aliphatic heterocycles. The second kappa shape index (κ2) is 6.14. The molecule has 0 aliphatic carbocycles. The second-order valence-electron chi connectivity index (χ2n) is 4.19. The highest BCUT2D eigenvalue weighted by Crippen LogP contribution is 2.24. The van der Waals surface area contributed by atoms with Gasteiger partial charge in [-0.25, -0.2) is 0 Å². The first kappa shape index (κ1) is 14.0. The zero-order chi connectivity index (χ0) is 13.8. The van der Waals surface area contributed by atoms with Crippen LogP contribution in [0, 0.1) is 10.1 Å². The number of halogens is 1. The number of benzene rings is 1. The van der Waals surface area contributed by atoms with Gasteiger partial charge in [0.25, 0.3) is 5.69 Å². The third-order valence-electron chi connectivity index (χ3n) is 2.88. The average Bonchev–Trinajstić information content (AvgIpc) is 2.89. The second-order valence-corrected chi connectivity index (χ2v) is 5.41. The van der Waals surface area contributed by atoms with E-state index in [0.29, 0.717) is 17.1 Å². The van der Waals surface area contributed by atoms with Crippen molar-refractivity contribution in [3.05, 3.63) is 61.3 Å². The van der Waals surface area contributed by atoms with Crippen LogP contribution in [-0.4, -0.2) is 4.92 Å². The van der Waals surface area contributed by atoms with E-state index >= 15 is 0 Å². The van der Waals surface area contributed by atoms with Crippen molar-refractivity contribution in [1.29, 1.82) is 0 Å². The Balaban J connectivity index is 2.10. The molecule has 100 valence electrons. The number of nitro groups is 1. The summed E-state index contributed by atoms with van der Waals surface area (Å²) in [5.41, 5.74) is 1.86. The van der Waals surface area contributed by atoms with Crippen LogP contribution in [0.1, 0.15) is 24.1 Å². The normalized spacial score (nSPS) is 12.3. The zero-order valence-electron chi connectivity index (χ0n) is 10.3. The van der Waals surface area contributed by atoms with E-state index in [2.05, 4.69) is 10.7 Å². The van der Waals surface area contributed by atoms with Crippen LogP contribution in [0.15, 0.2) is 35.0 Å². The Morgan fingerprint density at radius 2 is 2.26 bits per heavy atom. The van der Waals surface area contributed by atoms with Gasteiger partial charge in [-0.1, -0.05) is 11.6 Å². The fourth-order valence-electron chi connectivity index (χ4n) is 1.78. The standard InChI is InChI=1S/C13H13ClN2O2S/c1-9(10-4-5-19-8-10)15-7-11-6-12(14)2-3-13(11)16(17)18/h2-6,8-9,15H,7H2,1H3. The summed E-state index contributed by atoms with van der Waals surface area (Å²) in [6, 6.07) is 6.78. The van der Waals surface area contributed by atoms with Crippen molar-refractivity contribution in [2.75, 3.05) is 0 Å². The molecule has 0 fully saturated rings. The van der Waals surface area contributed by atoms with E-state index in [4.69, 9.17) is 11.6 Å². The SMILES string of the molecule is CC(NCc1cc(Cl)ccc1[N+](=O)[O-])c1ccsc1. The van der Waals surface area contributed by atoms with E-state index < -0.39 is 0 Å². The van der Waals surface area contributed by atoms with Crippen molar-refractivity contribution in [2.24, 2.45) is 0 Å². The lowest BCUT2D eigenvalue weighted by molar-refractivity contribution is -0.385. The highest BCUT2D eigenvalue weighted by atomic mass is 35.5. The Labute approximate surface area is 120 Å². The fourth-order valence-corrected chi connectivity index (χ4v) is 2.72. The Hall–Kier alpha value is -1.43. The molecule has 19 heavy (non-hydrogen) atoms. The summed E-state index contributed by atoms with van der Waals surface area (Å²) in [5, 5.41) is 18.8. The van der Waals surface area contributed by atoms with E-state index in [0.717, 1.165) is 0 Å². The number of nitro benzene ring substituents is 1. The van der Waals surface area contributed by atoms with Gasteiger partial charge in [0.05, 0.1) is 4.92 Å². The van der Waals surface area contributed by atoms with Gasteiger partial charge < -0.3 is 5.32 Å². The van der Waals surface area contributed by atoms with Gasteiger partial charge in [0, 0.05) is 29.2 Å². The predicted octanol–water partition coefficient (Wildman–Crippen LogP) is 4.16. The van der Waals surface area contributed by atoms with Crippen LogP contribution >= 0.6 is 22.9 Å². The Bertz CT molecular complexity index is 572. The van der Waals surface area contributed by atoms with E-state index in [9.17, 15) is 10.1 Å². The van der Waals surface area contributed by atoms with E-state index in [1.165, 1.54) is 17.7 Å². The summed E-state index contributed by atoms with van der Waals surface area (Å²) < 4.78 is 0. The van der Waals surface area contributed by atoms with Gasteiger partial charge in [0.2, 0.25) is 0 Å². The molecule has 0 radical (unpaired) electrons. The Morgan fingerprint density at radius 1 is 1.47 bits per heavy atom. The first-order valence-corrected chi connectivity index (χ1v) is 7.08. The lowest BCUT2D eigenvalue weighted by atomic mass is 10.1. The summed E-state index contributed by atoms with van der Waals surface area (Å²) >= 11 is 7.52. The molecule has 2 aromatic rings. The minimum atomic E-state index is -0.386. The number of rotatable bonds is 5. The lowest BCUT2D eigenvalue weighted by Crippen LogP contribution is -2.18. The molecule has 0 bridgehead atoms. The molecular formula is C13H13ClN2O2S. The number of nitrogens with one attached hydrogen (secondary N) is 1. The summed E-state index contributed by atoms with van der Waals surface area (Å²) in [4.78, 5) is 10.6. The van der Waals surface area contributed by atoms with Crippen LogP contribution in [0.3, 0.4) is 0 Å². The third-order valence-corrected chi connectivity index (χ3v) is 3.82. The van der Waals surface area contributed by atoms with Gasteiger partial charge in [-0.05, 0) is 41.4 Å². The number of nitrogens with zero attached hydrogens (tertiary/aromatic N) is 1. The Morgan fingerprint density at radius 3 is 2.89 bits per heavy atom. The first-order valence-electron chi connectivity index (χ1n) is 5.76. The number of thiophene rings is 1. The molecule has 0 saturated heterocycles. The molecule has 0 saturated carbocycles. The van der Waals surface area contributed by atoms with Crippen LogP contribution in [0.2, 0.25) is 5.02 Å². The molecule has 6 heteroatoms. The minimum Gasteiger partial charge on any atom is -0.306 e. The van der Waals surface area contributed by atoms with Gasteiger partial charge in [-0.3, -0.25) is 10.1 Å². The summed E-state index contributed by atoms with van der Waals surface area (Å²) in [6.07, 6.45) is 0. The van der Waals surface area contributed by atoms with E-state index in [1.807, 2.05) is 18.4 Å². The van der Waals surface area contributed by atoms with Crippen LogP contribution < -0.4 is 5.32 Å². The lowest BCUT2D eigenvalue weighted by Gasteiger charge is -2.12. The number of hydrogen-bond donors (Lipinski definition) is 1. The quantitative estimate of drug-likeness (QED) is 0.666. The molecule has 0 amide bonds. The molecule has 0 aliphatic rings. The van der Waals surface area contributed by atoms with Crippen molar-refractivity contribution < 1.29 is 4.92 Å². The van der Waals surface area contributed by atoms with Crippen LogP contribution in [0.25, 0.3) is 0 Å². The van der Waals surface area contributed by atoms with Crippen LogP contribution in [0.4, 0.5) is 5.69 Å². The average molecular weight is 297 g/mol. The van der Waals surface area contributed by atoms with Gasteiger partial charge in [0.15, 0.2) is 0 Å². The van der Waals surface area contributed by atoms with Crippen molar-refractivity contribution in [3.63, 3.8) is 0 Å². The molecule has 0 spiro atoms. The zero-order valence-corrected chi connectivity index (χ0v) is 11.9. The van der Waals surface area contributed by atoms with Crippen molar-refractivity contribution in [3.8, 4) is 0 Å². The molecular weight excluding hydrogens is 284 g/mol. The van der Waals surface area contributed by atoms with Gasteiger partial charge in [0.1, 0.15) is 0 Å². The highest BCUT2D eigenvalue weighted by Gasteiger charge is 2.14. The van der Waals surface area contributed by atoms with Crippen molar-refractivity contribution >= 4 is 28.6 Å². The molecule has 1 heterocycles. The van der Waals surface area contributed by atoms with Gasteiger partial charge in [-0.15, -0.1) is 0 Å². The minimum absolute atomic E-state index is 0.0921. The largest absolute Gasteiger partial charge is 0.306 e. The first-order chi connectivity index (χ1) is 9.08. The monoisotopic (exact) mass is 296 g/mol. The molecule has 1 aromatic heterocycles. The molecule has 4 nitrogen and oxygen atoms in total. The van der Waals surface area contributed by atoms with E-state index in [1.54, 1.807) is 17.4 Å². The third kappa shape index (κ3) is 3.53. The van der Waals surface area contributed by atoms with Crippen molar-refractivity contribution in [1.82, 2.24) is 5.32 Å². The van der Waals surface area contributed by atoms with Gasteiger partial charge >= 0.3 is 0 Å².